The van der Waals surface area contributed by atoms with E-state index in [2.05, 4.69) is 10.4 Å². The zero-order chi connectivity index (χ0) is 13.5. The molecule has 0 aliphatic carbocycles. The van der Waals surface area contributed by atoms with Gasteiger partial charge in [0.15, 0.2) is 0 Å². The Morgan fingerprint density at radius 3 is 2.94 bits per heavy atom. The number of amides is 1. The molecular weight excluding hydrogens is 232 g/mol. The summed E-state index contributed by atoms with van der Waals surface area (Å²) >= 11 is 0. The summed E-state index contributed by atoms with van der Waals surface area (Å²) in [5.41, 5.74) is 0.536. The highest BCUT2D eigenvalue weighted by Gasteiger charge is 2.13. The van der Waals surface area contributed by atoms with Crippen LogP contribution in [0.15, 0.2) is 12.3 Å². The highest BCUT2D eigenvalue weighted by atomic mass is 16.3. The van der Waals surface area contributed by atoms with Gasteiger partial charge in [0.2, 0.25) is 0 Å². The first-order valence-corrected chi connectivity index (χ1v) is 6.17. The molecule has 0 saturated carbocycles. The number of nitrogens with one attached hydrogen (secondary N) is 1. The number of carbonyl (C=O) groups is 1. The van der Waals surface area contributed by atoms with Crippen molar-refractivity contribution in [2.75, 3.05) is 27.2 Å². The van der Waals surface area contributed by atoms with Crippen LogP contribution in [0.4, 0.5) is 0 Å². The van der Waals surface area contributed by atoms with Crippen molar-refractivity contribution in [2.45, 2.75) is 26.0 Å². The van der Waals surface area contributed by atoms with Crippen molar-refractivity contribution in [2.24, 2.45) is 0 Å². The largest absolute Gasteiger partial charge is 0.390 e. The Labute approximate surface area is 108 Å². The molecule has 0 bridgehead atoms. The summed E-state index contributed by atoms with van der Waals surface area (Å²) in [7, 11) is 3.75. The van der Waals surface area contributed by atoms with Crippen LogP contribution in [0.2, 0.25) is 0 Å². The minimum atomic E-state index is -0.563. The molecule has 0 radical (unpaired) electrons. The lowest BCUT2D eigenvalue weighted by molar-refractivity contribution is 0.0882. The highest BCUT2D eigenvalue weighted by molar-refractivity contribution is 5.92. The molecule has 0 aliphatic rings. The maximum Gasteiger partial charge on any atom is 0.269 e. The molecule has 0 spiro atoms. The molecule has 1 amide bonds. The average molecular weight is 254 g/mol. The van der Waals surface area contributed by atoms with Crippen LogP contribution in [0, 0.1) is 0 Å². The quantitative estimate of drug-likeness (QED) is 0.715. The molecule has 0 saturated heterocycles. The van der Waals surface area contributed by atoms with Crippen molar-refractivity contribution in [3.8, 4) is 0 Å². The number of aliphatic hydroxyl groups excluding tert-OH is 1. The molecule has 6 heteroatoms. The van der Waals surface area contributed by atoms with Gasteiger partial charge in [-0.05, 0) is 26.6 Å². The van der Waals surface area contributed by atoms with Crippen molar-refractivity contribution in [1.82, 2.24) is 20.0 Å². The zero-order valence-electron chi connectivity index (χ0n) is 11.3. The Morgan fingerprint density at radius 1 is 1.61 bits per heavy atom. The normalized spacial score (nSPS) is 12.7. The summed E-state index contributed by atoms with van der Waals surface area (Å²) in [6, 6.07) is 1.68. The van der Waals surface area contributed by atoms with Crippen LogP contribution in [0.1, 0.15) is 23.8 Å². The van der Waals surface area contributed by atoms with Gasteiger partial charge in [0.05, 0.1) is 6.10 Å². The molecule has 0 aromatic carbocycles. The summed E-state index contributed by atoms with van der Waals surface area (Å²) in [6.45, 7) is 3.52. The van der Waals surface area contributed by atoms with Gasteiger partial charge in [0.1, 0.15) is 5.69 Å². The van der Waals surface area contributed by atoms with Gasteiger partial charge in [-0.1, -0.05) is 6.92 Å². The summed E-state index contributed by atoms with van der Waals surface area (Å²) < 4.78 is 1.67. The summed E-state index contributed by atoms with van der Waals surface area (Å²) in [6.07, 6.45) is 1.97. The monoisotopic (exact) mass is 254 g/mol. The second kappa shape index (κ2) is 7.13. The number of hydrogen-bond donors (Lipinski definition) is 2. The van der Waals surface area contributed by atoms with E-state index in [0.717, 1.165) is 13.0 Å². The van der Waals surface area contributed by atoms with Crippen LogP contribution in [-0.4, -0.2) is 59.0 Å². The highest BCUT2D eigenvalue weighted by Crippen LogP contribution is 2.00. The molecule has 18 heavy (non-hydrogen) atoms. The van der Waals surface area contributed by atoms with E-state index < -0.39 is 6.10 Å². The first-order chi connectivity index (χ1) is 8.54. The van der Waals surface area contributed by atoms with E-state index >= 15 is 0 Å². The van der Waals surface area contributed by atoms with E-state index in [1.54, 1.807) is 16.9 Å². The Hall–Kier alpha value is -1.40. The minimum Gasteiger partial charge on any atom is -0.390 e. The van der Waals surface area contributed by atoms with Gasteiger partial charge in [-0.15, -0.1) is 0 Å². The second-order valence-corrected chi connectivity index (χ2v) is 4.57. The van der Waals surface area contributed by atoms with Gasteiger partial charge < -0.3 is 15.3 Å². The molecule has 1 aromatic rings. The van der Waals surface area contributed by atoms with Crippen LogP contribution < -0.4 is 5.32 Å². The topological polar surface area (TPSA) is 70.4 Å². The molecule has 0 aliphatic heterocycles. The summed E-state index contributed by atoms with van der Waals surface area (Å²) in [5, 5.41) is 16.5. The smallest absolute Gasteiger partial charge is 0.269 e. The second-order valence-electron chi connectivity index (χ2n) is 4.57. The number of aromatic nitrogens is 2. The van der Waals surface area contributed by atoms with Crippen molar-refractivity contribution in [3.63, 3.8) is 0 Å². The lowest BCUT2D eigenvalue weighted by Crippen LogP contribution is -2.38. The Morgan fingerprint density at radius 2 is 2.33 bits per heavy atom. The predicted molar refractivity (Wildman–Crippen MR) is 69.4 cm³/mol. The van der Waals surface area contributed by atoms with Crippen LogP contribution in [0.3, 0.4) is 0 Å². The van der Waals surface area contributed by atoms with Gasteiger partial charge in [-0.25, -0.2) is 0 Å². The molecule has 1 heterocycles. The maximum absolute atomic E-state index is 11.9. The van der Waals surface area contributed by atoms with E-state index in [1.165, 1.54) is 0 Å². The third kappa shape index (κ3) is 4.46. The number of nitrogens with zero attached hydrogens (tertiary/aromatic N) is 3. The van der Waals surface area contributed by atoms with Gasteiger partial charge in [0.25, 0.3) is 5.91 Å². The number of rotatable bonds is 7. The molecular formula is C12H22N4O2. The Balaban J connectivity index is 2.47. The maximum atomic E-state index is 11.9. The standard InChI is InChI=1S/C12H22N4O2/c1-4-7-16-11(5-6-14-16)12(18)13-8-10(17)9-15(2)3/h5-6,10,17H,4,7-9H2,1-3H3,(H,13,18). The molecule has 1 aromatic heterocycles. The fourth-order valence-electron chi connectivity index (χ4n) is 1.70. The summed E-state index contributed by atoms with van der Waals surface area (Å²) in [5.74, 6) is -0.196. The van der Waals surface area contributed by atoms with Crippen LogP contribution >= 0.6 is 0 Å². The SMILES string of the molecule is CCCn1nccc1C(=O)NCC(O)CN(C)C. The molecule has 0 fully saturated rings. The molecule has 6 nitrogen and oxygen atoms in total. The van der Waals surface area contributed by atoms with Gasteiger partial charge in [-0.3, -0.25) is 9.48 Å². The van der Waals surface area contributed by atoms with E-state index in [0.29, 0.717) is 12.2 Å². The number of aryl methyl sites for hydroxylation is 1. The van der Waals surface area contributed by atoms with Crippen molar-refractivity contribution < 1.29 is 9.90 Å². The average Bonchev–Trinajstić information content (AvgIpc) is 2.74. The van der Waals surface area contributed by atoms with E-state index in [-0.39, 0.29) is 12.5 Å². The molecule has 1 unspecified atom stereocenters. The third-order valence-electron chi connectivity index (χ3n) is 2.46. The zero-order valence-corrected chi connectivity index (χ0v) is 11.3. The number of hydrogen-bond acceptors (Lipinski definition) is 4. The Bertz CT molecular complexity index is 376. The predicted octanol–water partition coefficient (Wildman–Crippen LogP) is -0.0546. The number of carbonyl (C=O) groups excluding carboxylic acids is 1. The van der Waals surface area contributed by atoms with Gasteiger partial charge in [0, 0.05) is 25.8 Å². The minimum absolute atomic E-state index is 0.196. The number of aliphatic hydroxyl groups is 1. The fraction of sp³-hybridized carbons (Fsp3) is 0.667. The van der Waals surface area contributed by atoms with Crippen LogP contribution in [0.25, 0.3) is 0 Å². The number of likely N-dealkylation sites (N-methyl/N-ethyl adjacent to an activating group) is 1. The van der Waals surface area contributed by atoms with E-state index in [9.17, 15) is 9.90 Å². The summed E-state index contributed by atoms with van der Waals surface area (Å²) in [4.78, 5) is 13.8. The molecule has 2 N–H and O–H groups in total. The lowest BCUT2D eigenvalue weighted by atomic mass is 10.3. The van der Waals surface area contributed by atoms with E-state index in [1.807, 2.05) is 25.9 Å². The molecule has 1 atom stereocenters. The Kier molecular flexibility index (Phi) is 5.80. The molecule has 102 valence electrons. The van der Waals surface area contributed by atoms with Crippen molar-refractivity contribution in [3.05, 3.63) is 18.0 Å². The lowest BCUT2D eigenvalue weighted by Gasteiger charge is -2.16. The van der Waals surface area contributed by atoms with Gasteiger partial charge >= 0.3 is 0 Å². The van der Waals surface area contributed by atoms with Crippen molar-refractivity contribution >= 4 is 5.91 Å². The first kappa shape index (κ1) is 14.7. The molecule has 1 rings (SSSR count). The van der Waals surface area contributed by atoms with Crippen molar-refractivity contribution in [1.29, 1.82) is 0 Å². The van der Waals surface area contributed by atoms with E-state index in [4.69, 9.17) is 0 Å². The third-order valence-corrected chi connectivity index (χ3v) is 2.46. The first-order valence-electron chi connectivity index (χ1n) is 6.17. The van der Waals surface area contributed by atoms with Crippen LogP contribution in [0.5, 0.6) is 0 Å². The van der Waals surface area contributed by atoms with Gasteiger partial charge in [-0.2, -0.15) is 5.10 Å². The fourth-order valence-corrected chi connectivity index (χ4v) is 1.70. The van der Waals surface area contributed by atoms with Crippen LogP contribution in [-0.2, 0) is 6.54 Å².